The molecular formula is C14H17NOS. The summed E-state index contributed by atoms with van der Waals surface area (Å²) in [5, 5.41) is 10.1. The van der Waals surface area contributed by atoms with Gasteiger partial charge in [0.15, 0.2) is 0 Å². The maximum atomic E-state index is 10.1. The first-order valence-electron chi connectivity index (χ1n) is 5.87. The molecule has 2 aromatic rings. The zero-order valence-electron chi connectivity index (χ0n) is 10.2. The van der Waals surface area contributed by atoms with Gasteiger partial charge >= 0.3 is 0 Å². The highest BCUT2D eigenvalue weighted by molar-refractivity contribution is 7.11. The van der Waals surface area contributed by atoms with E-state index in [4.69, 9.17) is 0 Å². The van der Waals surface area contributed by atoms with Crippen LogP contribution < -0.4 is 0 Å². The standard InChI is InChI=1S/C14H17NOS/c1-3-11-5-6-12(17-11)8-14(16)13-7-4-10(2)9-15-13/h4-7,9,14,16H,3,8H2,1-2H3. The molecule has 0 saturated heterocycles. The molecule has 90 valence electrons. The number of aliphatic hydroxyl groups is 1. The molecule has 2 heterocycles. The summed E-state index contributed by atoms with van der Waals surface area (Å²) in [4.78, 5) is 6.84. The first-order chi connectivity index (χ1) is 8.19. The summed E-state index contributed by atoms with van der Waals surface area (Å²) in [5.74, 6) is 0. The predicted molar refractivity (Wildman–Crippen MR) is 71.3 cm³/mol. The zero-order valence-corrected chi connectivity index (χ0v) is 11.0. The zero-order chi connectivity index (χ0) is 12.3. The van der Waals surface area contributed by atoms with Crippen molar-refractivity contribution < 1.29 is 5.11 Å². The fourth-order valence-electron chi connectivity index (χ4n) is 1.69. The molecule has 0 aromatic carbocycles. The van der Waals surface area contributed by atoms with Crippen LogP contribution in [0.5, 0.6) is 0 Å². The van der Waals surface area contributed by atoms with Crippen LogP contribution in [0.25, 0.3) is 0 Å². The highest BCUT2D eigenvalue weighted by Gasteiger charge is 2.11. The molecular weight excluding hydrogens is 230 g/mol. The molecule has 0 aliphatic rings. The molecule has 0 fully saturated rings. The average Bonchev–Trinajstić information content (AvgIpc) is 2.77. The second-order valence-electron chi connectivity index (χ2n) is 4.20. The molecule has 0 aliphatic carbocycles. The summed E-state index contributed by atoms with van der Waals surface area (Å²) >= 11 is 1.77. The summed E-state index contributed by atoms with van der Waals surface area (Å²) in [6.07, 6.45) is 3.01. The van der Waals surface area contributed by atoms with E-state index in [2.05, 4.69) is 24.0 Å². The van der Waals surface area contributed by atoms with Crippen LogP contribution in [0.1, 0.15) is 34.0 Å². The van der Waals surface area contributed by atoms with Crippen LogP contribution in [0, 0.1) is 6.92 Å². The van der Waals surface area contributed by atoms with Gasteiger partial charge in [-0.2, -0.15) is 0 Å². The summed E-state index contributed by atoms with van der Waals surface area (Å²) in [6.45, 7) is 4.14. The number of pyridine rings is 1. The molecule has 0 spiro atoms. The maximum Gasteiger partial charge on any atom is 0.101 e. The molecule has 2 nitrogen and oxygen atoms in total. The van der Waals surface area contributed by atoms with E-state index in [0.717, 1.165) is 17.7 Å². The minimum atomic E-state index is -0.501. The second kappa shape index (κ2) is 5.43. The Bertz CT molecular complexity index is 475. The van der Waals surface area contributed by atoms with Crippen LogP contribution in [0.3, 0.4) is 0 Å². The molecule has 0 bridgehead atoms. The molecule has 2 aromatic heterocycles. The quantitative estimate of drug-likeness (QED) is 0.899. The van der Waals surface area contributed by atoms with E-state index in [1.54, 1.807) is 17.5 Å². The summed E-state index contributed by atoms with van der Waals surface area (Å²) in [7, 11) is 0. The Morgan fingerprint density at radius 3 is 2.59 bits per heavy atom. The molecule has 2 rings (SSSR count). The Balaban J connectivity index is 2.05. The van der Waals surface area contributed by atoms with Gasteiger partial charge in [-0.3, -0.25) is 4.98 Å². The molecule has 3 heteroatoms. The van der Waals surface area contributed by atoms with Crippen LogP contribution in [0.15, 0.2) is 30.5 Å². The van der Waals surface area contributed by atoms with Crippen LogP contribution >= 0.6 is 11.3 Å². The van der Waals surface area contributed by atoms with Gasteiger partial charge in [0.25, 0.3) is 0 Å². The number of hydrogen-bond acceptors (Lipinski definition) is 3. The van der Waals surface area contributed by atoms with Crippen LogP contribution in [-0.2, 0) is 12.8 Å². The summed E-state index contributed by atoms with van der Waals surface area (Å²) in [6, 6.07) is 8.11. The van der Waals surface area contributed by atoms with Gasteiger partial charge < -0.3 is 5.11 Å². The number of thiophene rings is 1. The molecule has 0 saturated carbocycles. The first-order valence-corrected chi connectivity index (χ1v) is 6.69. The third kappa shape index (κ3) is 3.14. The maximum absolute atomic E-state index is 10.1. The summed E-state index contributed by atoms with van der Waals surface area (Å²) in [5.41, 5.74) is 1.87. The number of aliphatic hydroxyl groups excluding tert-OH is 1. The van der Waals surface area contributed by atoms with Crippen LogP contribution in [-0.4, -0.2) is 10.1 Å². The van der Waals surface area contributed by atoms with E-state index >= 15 is 0 Å². The second-order valence-corrected chi connectivity index (χ2v) is 5.45. The van der Waals surface area contributed by atoms with E-state index in [1.165, 1.54) is 9.75 Å². The Labute approximate surface area is 106 Å². The van der Waals surface area contributed by atoms with Gasteiger partial charge in [-0.15, -0.1) is 11.3 Å². The van der Waals surface area contributed by atoms with Crippen molar-refractivity contribution in [2.24, 2.45) is 0 Å². The van der Waals surface area contributed by atoms with Gasteiger partial charge in [0.1, 0.15) is 6.10 Å². The number of nitrogens with zero attached hydrogens (tertiary/aromatic N) is 1. The van der Waals surface area contributed by atoms with Crippen molar-refractivity contribution in [3.63, 3.8) is 0 Å². The molecule has 0 amide bonds. The van der Waals surface area contributed by atoms with Gasteiger partial charge in [-0.05, 0) is 37.1 Å². The first kappa shape index (κ1) is 12.3. The van der Waals surface area contributed by atoms with Gasteiger partial charge in [0, 0.05) is 22.4 Å². The molecule has 1 unspecified atom stereocenters. The van der Waals surface area contributed by atoms with Gasteiger partial charge in [-0.25, -0.2) is 0 Å². The van der Waals surface area contributed by atoms with Crippen LogP contribution in [0.2, 0.25) is 0 Å². The van der Waals surface area contributed by atoms with Crippen molar-refractivity contribution in [1.29, 1.82) is 0 Å². The van der Waals surface area contributed by atoms with E-state index in [-0.39, 0.29) is 0 Å². The monoisotopic (exact) mass is 247 g/mol. The minimum Gasteiger partial charge on any atom is -0.386 e. The van der Waals surface area contributed by atoms with E-state index in [9.17, 15) is 5.11 Å². The van der Waals surface area contributed by atoms with E-state index in [0.29, 0.717) is 6.42 Å². The van der Waals surface area contributed by atoms with Gasteiger partial charge in [-0.1, -0.05) is 13.0 Å². The third-order valence-electron chi connectivity index (χ3n) is 2.74. The van der Waals surface area contributed by atoms with Gasteiger partial charge in [0.05, 0.1) is 5.69 Å². The van der Waals surface area contributed by atoms with Crippen molar-refractivity contribution in [2.75, 3.05) is 0 Å². The van der Waals surface area contributed by atoms with Crippen molar-refractivity contribution >= 4 is 11.3 Å². The minimum absolute atomic E-state index is 0.501. The Morgan fingerprint density at radius 1 is 1.24 bits per heavy atom. The Kier molecular flexibility index (Phi) is 3.92. The molecule has 1 N–H and O–H groups in total. The average molecular weight is 247 g/mol. The lowest BCUT2D eigenvalue weighted by Crippen LogP contribution is -2.02. The summed E-state index contributed by atoms with van der Waals surface area (Å²) < 4.78 is 0. The smallest absolute Gasteiger partial charge is 0.101 e. The third-order valence-corrected chi connectivity index (χ3v) is 3.99. The number of aromatic nitrogens is 1. The Morgan fingerprint density at radius 2 is 2.00 bits per heavy atom. The predicted octanol–water partition coefficient (Wildman–Crippen LogP) is 3.29. The van der Waals surface area contributed by atoms with Crippen molar-refractivity contribution in [3.8, 4) is 0 Å². The highest BCUT2D eigenvalue weighted by atomic mass is 32.1. The number of hydrogen-bond donors (Lipinski definition) is 1. The fraction of sp³-hybridized carbons (Fsp3) is 0.357. The van der Waals surface area contributed by atoms with Crippen molar-refractivity contribution in [2.45, 2.75) is 32.8 Å². The van der Waals surface area contributed by atoms with Gasteiger partial charge in [0.2, 0.25) is 0 Å². The lowest BCUT2D eigenvalue weighted by atomic mass is 10.1. The lowest BCUT2D eigenvalue weighted by Gasteiger charge is -2.08. The topological polar surface area (TPSA) is 33.1 Å². The van der Waals surface area contributed by atoms with Crippen molar-refractivity contribution in [1.82, 2.24) is 4.98 Å². The largest absolute Gasteiger partial charge is 0.386 e. The van der Waals surface area contributed by atoms with E-state index < -0.39 is 6.10 Å². The van der Waals surface area contributed by atoms with Crippen LogP contribution in [0.4, 0.5) is 0 Å². The molecule has 0 aliphatic heterocycles. The van der Waals surface area contributed by atoms with Crippen molar-refractivity contribution in [3.05, 3.63) is 51.5 Å². The highest BCUT2D eigenvalue weighted by Crippen LogP contribution is 2.23. The number of rotatable bonds is 4. The Hall–Kier alpha value is -1.19. The SMILES string of the molecule is CCc1ccc(CC(O)c2ccc(C)cn2)s1. The molecule has 1 atom stereocenters. The van der Waals surface area contributed by atoms with E-state index in [1.807, 2.05) is 19.1 Å². The lowest BCUT2D eigenvalue weighted by molar-refractivity contribution is 0.174. The fourth-order valence-corrected chi connectivity index (χ4v) is 2.69. The number of aryl methyl sites for hydroxylation is 2. The molecule has 17 heavy (non-hydrogen) atoms. The normalized spacial score (nSPS) is 12.6. The molecule has 0 radical (unpaired) electrons.